The van der Waals surface area contributed by atoms with Gasteiger partial charge in [-0.15, -0.1) is 0 Å². The van der Waals surface area contributed by atoms with Crippen molar-refractivity contribution in [3.63, 3.8) is 0 Å². The van der Waals surface area contributed by atoms with Crippen molar-refractivity contribution < 1.29 is 13.9 Å². The highest BCUT2D eigenvalue weighted by Crippen LogP contribution is 2.34. The van der Waals surface area contributed by atoms with Gasteiger partial charge in [-0.05, 0) is 49.9 Å². The molecule has 0 amide bonds. The average molecular weight is 287 g/mol. The highest BCUT2D eigenvalue weighted by molar-refractivity contribution is 5.87. The Hall–Kier alpha value is -2.10. The van der Waals surface area contributed by atoms with Crippen LogP contribution in [-0.2, 0) is 28.9 Å². The van der Waals surface area contributed by atoms with E-state index in [0.717, 1.165) is 47.0 Å². The molecule has 0 N–H and O–H groups in total. The summed E-state index contributed by atoms with van der Waals surface area (Å²) in [5, 5.41) is 0.884. The van der Waals surface area contributed by atoms with Crippen molar-refractivity contribution in [3.8, 4) is 0 Å². The Morgan fingerprint density at radius 3 is 3.00 bits per heavy atom. The lowest BCUT2D eigenvalue weighted by atomic mass is 9.92. The van der Waals surface area contributed by atoms with Gasteiger partial charge in [-0.2, -0.15) is 0 Å². The van der Waals surface area contributed by atoms with E-state index >= 15 is 0 Å². The number of allylic oxidation sites excluding steroid dienone is 1. The van der Waals surface area contributed by atoms with Crippen LogP contribution < -0.4 is 0 Å². The third kappa shape index (κ3) is 2.46. The molecule has 0 atom stereocenters. The van der Waals surface area contributed by atoms with Gasteiger partial charge in [0, 0.05) is 16.6 Å². The molecule has 1 aliphatic rings. The lowest BCUT2D eigenvalue weighted by molar-refractivity contribution is -0.143. The Bertz CT molecular complexity index is 730. The summed E-state index contributed by atoms with van der Waals surface area (Å²) in [7, 11) is 0. The zero-order chi connectivity index (χ0) is 15.0. The summed E-state index contributed by atoms with van der Waals surface area (Å²) in [6.45, 7) is 6.38. The van der Waals surface area contributed by atoms with Gasteiger partial charge in [0.1, 0.15) is 12.4 Å². The predicted octanol–water partition coefficient (Wildman–Crippen LogP) is 3.39. The molecule has 3 nitrogen and oxygen atoms in total. The first kappa shape index (κ1) is 13.9. The third-order valence-corrected chi connectivity index (χ3v) is 3.98. The summed E-state index contributed by atoms with van der Waals surface area (Å²) < 4.78 is 20.6. The summed E-state index contributed by atoms with van der Waals surface area (Å²) in [6.07, 6.45) is 2.50. The first-order valence-electron chi connectivity index (χ1n) is 7.22. The molecule has 1 aromatic carbocycles. The average Bonchev–Trinajstić information content (AvgIpc) is 2.72. The first-order chi connectivity index (χ1) is 10.1. The van der Waals surface area contributed by atoms with E-state index in [0.29, 0.717) is 6.61 Å². The molecule has 0 saturated heterocycles. The smallest absolute Gasteiger partial charge is 0.325 e. The van der Waals surface area contributed by atoms with Gasteiger partial charge in [0.2, 0.25) is 0 Å². The van der Waals surface area contributed by atoms with Crippen LogP contribution >= 0.6 is 0 Å². The van der Waals surface area contributed by atoms with E-state index in [9.17, 15) is 9.18 Å². The molecule has 4 heteroatoms. The number of aromatic nitrogens is 1. The van der Waals surface area contributed by atoms with Crippen LogP contribution in [0.2, 0.25) is 0 Å². The molecule has 110 valence electrons. The third-order valence-electron chi connectivity index (χ3n) is 3.98. The minimum absolute atomic E-state index is 0.178. The Morgan fingerprint density at radius 2 is 2.24 bits per heavy atom. The number of hydrogen-bond donors (Lipinski definition) is 0. The van der Waals surface area contributed by atoms with Crippen molar-refractivity contribution >= 4 is 16.9 Å². The molecule has 0 bridgehead atoms. The van der Waals surface area contributed by atoms with Crippen LogP contribution in [0.1, 0.15) is 24.6 Å². The van der Waals surface area contributed by atoms with E-state index in [4.69, 9.17) is 4.74 Å². The van der Waals surface area contributed by atoms with Crippen LogP contribution in [0.25, 0.3) is 10.9 Å². The van der Waals surface area contributed by atoms with Crippen molar-refractivity contribution in [2.24, 2.45) is 0 Å². The maximum atomic E-state index is 13.6. The largest absolute Gasteiger partial charge is 0.465 e. The molecule has 0 unspecified atom stereocenters. The van der Waals surface area contributed by atoms with Crippen molar-refractivity contribution in [1.82, 2.24) is 4.57 Å². The molecule has 21 heavy (non-hydrogen) atoms. The number of carbonyl (C=O) groups is 1. The van der Waals surface area contributed by atoms with Crippen LogP contribution in [0.15, 0.2) is 30.4 Å². The number of ether oxygens (including phenoxy) is 1. The summed E-state index contributed by atoms with van der Waals surface area (Å²) >= 11 is 0. The van der Waals surface area contributed by atoms with E-state index in [-0.39, 0.29) is 18.3 Å². The van der Waals surface area contributed by atoms with Gasteiger partial charge in [0.05, 0.1) is 6.61 Å². The molecule has 2 aromatic rings. The highest BCUT2D eigenvalue weighted by Gasteiger charge is 2.23. The van der Waals surface area contributed by atoms with Crippen LogP contribution in [0.4, 0.5) is 4.39 Å². The molecular weight excluding hydrogens is 269 g/mol. The number of benzene rings is 1. The van der Waals surface area contributed by atoms with Crippen LogP contribution in [0, 0.1) is 5.82 Å². The molecule has 0 saturated carbocycles. The zero-order valence-electron chi connectivity index (χ0n) is 12.1. The molecule has 0 spiro atoms. The molecule has 1 aliphatic carbocycles. The Morgan fingerprint density at radius 1 is 1.43 bits per heavy atom. The number of halogens is 1. The second-order valence-corrected chi connectivity index (χ2v) is 5.40. The number of nitrogens with zero attached hydrogens (tertiary/aromatic N) is 1. The van der Waals surface area contributed by atoms with Gasteiger partial charge >= 0.3 is 5.97 Å². The predicted molar refractivity (Wildman–Crippen MR) is 79.7 cm³/mol. The van der Waals surface area contributed by atoms with Gasteiger partial charge in [0.15, 0.2) is 0 Å². The number of hydrogen-bond acceptors (Lipinski definition) is 2. The molecule has 1 aromatic heterocycles. The quantitative estimate of drug-likeness (QED) is 0.640. The fraction of sp³-hybridized carbons (Fsp3) is 0.353. The molecule has 1 heterocycles. The second-order valence-electron chi connectivity index (χ2n) is 5.40. The fourth-order valence-electron chi connectivity index (χ4n) is 3.08. The number of carbonyl (C=O) groups excluding carboxylic acids is 1. The summed E-state index contributed by atoms with van der Waals surface area (Å²) in [6, 6.07) is 4.73. The molecular formula is C17H18FNO2. The molecule has 3 rings (SSSR count). The monoisotopic (exact) mass is 287 g/mol. The van der Waals surface area contributed by atoms with E-state index in [2.05, 4.69) is 6.58 Å². The fourth-order valence-corrected chi connectivity index (χ4v) is 3.08. The number of fused-ring (bicyclic) bond motifs is 3. The van der Waals surface area contributed by atoms with Crippen molar-refractivity contribution in [1.29, 1.82) is 0 Å². The lowest BCUT2D eigenvalue weighted by Crippen LogP contribution is -2.17. The Balaban J connectivity index is 2.14. The van der Waals surface area contributed by atoms with E-state index < -0.39 is 0 Å². The van der Waals surface area contributed by atoms with Gasteiger partial charge in [-0.1, -0.05) is 12.2 Å². The SMILES string of the molecule is C=C1CCc2c(c3cc(F)ccc3n2CC(=O)OCC)C1. The highest BCUT2D eigenvalue weighted by atomic mass is 19.1. The molecule has 0 fully saturated rings. The van der Waals surface area contributed by atoms with Crippen molar-refractivity contribution in [2.45, 2.75) is 32.7 Å². The van der Waals surface area contributed by atoms with Crippen molar-refractivity contribution in [2.75, 3.05) is 6.61 Å². The first-order valence-corrected chi connectivity index (χ1v) is 7.22. The summed E-state index contributed by atoms with van der Waals surface area (Å²) in [5.74, 6) is -0.513. The summed E-state index contributed by atoms with van der Waals surface area (Å²) in [5.41, 5.74) is 4.26. The van der Waals surface area contributed by atoms with E-state index in [1.54, 1.807) is 19.1 Å². The standard InChI is InChI=1S/C17H18FNO2/c1-3-21-17(20)10-19-15-6-4-11(2)8-13(15)14-9-12(18)5-7-16(14)19/h5,7,9H,2-4,6,8,10H2,1H3. The Labute approximate surface area is 123 Å². The number of esters is 1. The van der Waals surface area contributed by atoms with Crippen LogP contribution in [-0.4, -0.2) is 17.1 Å². The molecule has 0 aliphatic heterocycles. The summed E-state index contributed by atoms with van der Waals surface area (Å²) in [4.78, 5) is 11.8. The van der Waals surface area contributed by atoms with E-state index in [1.165, 1.54) is 6.07 Å². The lowest BCUT2D eigenvalue weighted by Gasteiger charge is -2.17. The van der Waals surface area contributed by atoms with Gasteiger partial charge < -0.3 is 9.30 Å². The van der Waals surface area contributed by atoms with Gasteiger partial charge in [0.25, 0.3) is 0 Å². The topological polar surface area (TPSA) is 31.2 Å². The minimum atomic E-state index is -0.258. The number of rotatable bonds is 3. The second kappa shape index (κ2) is 5.35. The minimum Gasteiger partial charge on any atom is -0.465 e. The van der Waals surface area contributed by atoms with Crippen molar-refractivity contribution in [3.05, 3.63) is 47.4 Å². The van der Waals surface area contributed by atoms with Gasteiger partial charge in [-0.25, -0.2) is 4.39 Å². The zero-order valence-corrected chi connectivity index (χ0v) is 12.1. The maximum Gasteiger partial charge on any atom is 0.325 e. The Kier molecular flexibility index (Phi) is 3.53. The normalized spacial score (nSPS) is 14.3. The van der Waals surface area contributed by atoms with Crippen LogP contribution in [0.3, 0.4) is 0 Å². The van der Waals surface area contributed by atoms with Gasteiger partial charge in [-0.3, -0.25) is 4.79 Å². The van der Waals surface area contributed by atoms with E-state index in [1.807, 2.05) is 4.57 Å². The molecule has 0 radical (unpaired) electrons. The van der Waals surface area contributed by atoms with Crippen LogP contribution in [0.5, 0.6) is 0 Å². The maximum absolute atomic E-state index is 13.6.